The summed E-state index contributed by atoms with van der Waals surface area (Å²) in [5, 5.41) is 0.662. The molecule has 1 heterocycles. The fourth-order valence-corrected chi connectivity index (χ4v) is 2.08. The van der Waals surface area contributed by atoms with Gasteiger partial charge in [-0.05, 0) is 13.3 Å². The van der Waals surface area contributed by atoms with E-state index in [-0.39, 0.29) is 0 Å². The van der Waals surface area contributed by atoms with Gasteiger partial charge in [-0.1, -0.05) is 0 Å². The lowest BCUT2D eigenvalue weighted by Crippen LogP contribution is -2.30. The van der Waals surface area contributed by atoms with Gasteiger partial charge in [0.15, 0.2) is 0 Å². The van der Waals surface area contributed by atoms with Gasteiger partial charge in [0, 0.05) is 24.4 Å². The average Bonchev–Trinajstić information content (AvgIpc) is 2.10. The molecule has 0 aromatic carbocycles. The van der Waals surface area contributed by atoms with Crippen LogP contribution in [0.5, 0.6) is 0 Å². The molecule has 1 aliphatic rings. The van der Waals surface area contributed by atoms with Gasteiger partial charge in [0.05, 0.1) is 0 Å². The topological polar surface area (TPSA) is 29.3 Å². The summed E-state index contributed by atoms with van der Waals surface area (Å²) in [5.74, 6) is 0. The van der Waals surface area contributed by atoms with Gasteiger partial charge >= 0.3 is 0 Å². The van der Waals surface area contributed by atoms with Crippen LogP contribution >= 0.6 is 11.8 Å². The minimum atomic E-state index is 0.394. The van der Waals surface area contributed by atoms with Gasteiger partial charge < -0.3 is 10.6 Å². The highest BCUT2D eigenvalue weighted by Gasteiger charge is 2.26. The summed E-state index contributed by atoms with van der Waals surface area (Å²) in [7, 11) is 2.12. The van der Waals surface area contributed by atoms with E-state index < -0.39 is 0 Å². The Labute approximate surface area is 60.8 Å². The maximum atomic E-state index is 5.82. The van der Waals surface area contributed by atoms with Crippen LogP contribution in [-0.4, -0.2) is 42.6 Å². The van der Waals surface area contributed by atoms with Gasteiger partial charge in [-0.3, -0.25) is 0 Å². The summed E-state index contributed by atoms with van der Waals surface area (Å²) in [6.07, 6.45) is 2.13. The molecule has 0 aromatic rings. The summed E-state index contributed by atoms with van der Waals surface area (Å²) in [5.41, 5.74) is 5.82. The lowest BCUT2D eigenvalue weighted by atomic mass is 10.3. The predicted molar refractivity (Wildman–Crippen MR) is 42.8 cm³/mol. The van der Waals surface area contributed by atoms with Crippen LogP contribution in [-0.2, 0) is 0 Å². The Morgan fingerprint density at radius 1 is 1.56 bits per heavy atom. The van der Waals surface area contributed by atoms with Gasteiger partial charge in [0.2, 0.25) is 0 Å². The third-order valence-corrected chi connectivity index (χ3v) is 2.90. The molecule has 0 amide bonds. The molecule has 9 heavy (non-hydrogen) atoms. The van der Waals surface area contributed by atoms with Crippen LogP contribution in [0.15, 0.2) is 0 Å². The summed E-state index contributed by atoms with van der Waals surface area (Å²) >= 11 is 1.88. The van der Waals surface area contributed by atoms with Crippen molar-refractivity contribution in [3.63, 3.8) is 0 Å². The number of nitrogens with zero attached hydrogens (tertiary/aromatic N) is 1. The van der Waals surface area contributed by atoms with Crippen molar-refractivity contribution in [1.82, 2.24) is 4.90 Å². The highest BCUT2D eigenvalue weighted by molar-refractivity contribution is 7.99. The zero-order valence-corrected chi connectivity index (χ0v) is 6.82. The molecule has 0 aromatic heterocycles. The Morgan fingerprint density at radius 3 is 2.44 bits per heavy atom. The van der Waals surface area contributed by atoms with E-state index in [0.29, 0.717) is 11.3 Å². The van der Waals surface area contributed by atoms with Crippen molar-refractivity contribution in [2.45, 2.75) is 11.3 Å². The Bertz CT molecular complexity index is 97.1. The molecular weight excluding hydrogens is 132 g/mol. The number of likely N-dealkylation sites (tertiary alicyclic amines) is 1. The number of thioether (sulfide) groups is 1. The minimum Gasteiger partial charge on any atom is -0.326 e. The molecule has 0 saturated carbocycles. The van der Waals surface area contributed by atoms with Gasteiger partial charge in [-0.2, -0.15) is 11.8 Å². The van der Waals surface area contributed by atoms with Crippen LogP contribution in [0.4, 0.5) is 0 Å². The molecule has 1 aliphatic heterocycles. The van der Waals surface area contributed by atoms with E-state index in [0.717, 1.165) is 13.1 Å². The highest BCUT2D eigenvalue weighted by atomic mass is 32.2. The fraction of sp³-hybridized carbons (Fsp3) is 1.00. The van der Waals surface area contributed by atoms with Crippen LogP contribution in [0.3, 0.4) is 0 Å². The number of likely N-dealkylation sites (N-methyl/N-ethyl adjacent to an activating group) is 1. The van der Waals surface area contributed by atoms with Crippen LogP contribution in [0, 0.1) is 0 Å². The number of nitrogens with two attached hydrogens (primary N) is 1. The summed E-state index contributed by atoms with van der Waals surface area (Å²) in [6, 6.07) is 0.394. The van der Waals surface area contributed by atoms with Gasteiger partial charge in [0.25, 0.3) is 0 Å². The average molecular weight is 146 g/mol. The van der Waals surface area contributed by atoms with Crippen molar-refractivity contribution in [1.29, 1.82) is 0 Å². The molecule has 0 radical (unpaired) electrons. The normalized spacial score (nSPS) is 37.7. The van der Waals surface area contributed by atoms with Crippen molar-refractivity contribution < 1.29 is 0 Å². The van der Waals surface area contributed by atoms with Crippen molar-refractivity contribution in [3.05, 3.63) is 0 Å². The van der Waals surface area contributed by atoms with Crippen molar-refractivity contribution in [2.75, 3.05) is 26.4 Å². The van der Waals surface area contributed by atoms with Crippen molar-refractivity contribution in [2.24, 2.45) is 5.73 Å². The fourth-order valence-electron chi connectivity index (χ4n) is 1.24. The Morgan fingerprint density at radius 2 is 2.22 bits per heavy atom. The van der Waals surface area contributed by atoms with E-state index in [2.05, 4.69) is 18.2 Å². The molecule has 1 fully saturated rings. The first-order chi connectivity index (χ1) is 4.24. The lowest BCUT2D eigenvalue weighted by Gasteiger charge is -2.08. The maximum absolute atomic E-state index is 5.82. The minimum absolute atomic E-state index is 0.394. The molecule has 3 heteroatoms. The van der Waals surface area contributed by atoms with Crippen molar-refractivity contribution in [3.8, 4) is 0 Å². The van der Waals surface area contributed by atoms with Crippen LogP contribution in [0.25, 0.3) is 0 Å². The Hall–Kier alpha value is 0.270. The molecule has 1 saturated heterocycles. The first kappa shape index (κ1) is 7.38. The highest BCUT2D eigenvalue weighted by Crippen LogP contribution is 2.17. The van der Waals surface area contributed by atoms with Crippen molar-refractivity contribution >= 4 is 11.8 Å². The first-order valence-corrected chi connectivity index (χ1v) is 4.49. The molecule has 1 rings (SSSR count). The van der Waals surface area contributed by atoms with E-state index >= 15 is 0 Å². The lowest BCUT2D eigenvalue weighted by molar-refractivity contribution is 0.412. The molecule has 0 spiro atoms. The van der Waals surface area contributed by atoms with E-state index in [1.54, 1.807) is 0 Å². The first-order valence-electron chi connectivity index (χ1n) is 3.21. The van der Waals surface area contributed by atoms with Gasteiger partial charge in [-0.25, -0.2) is 0 Å². The van der Waals surface area contributed by atoms with Gasteiger partial charge in [0.1, 0.15) is 0 Å². The SMILES string of the molecule is CSC1CN(C)CC1N. The molecule has 2 nitrogen and oxygen atoms in total. The second-order valence-corrected chi connectivity index (χ2v) is 3.74. The summed E-state index contributed by atoms with van der Waals surface area (Å²) < 4.78 is 0. The quantitative estimate of drug-likeness (QED) is 0.564. The third kappa shape index (κ3) is 1.60. The smallest absolute Gasteiger partial charge is 0.0335 e. The molecule has 0 bridgehead atoms. The molecule has 2 N–H and O–H groups in total. The molecule has 0 aliphatic carbocycles. The summed E-state index contributed by atoms with van der Waals surface area (Å²) in [4.78, 5) is 2.28. The van der Waals surface area contributed by atoms with E-state index in [4.69, 9.17) is 5.73 Å². The van der Waals surface area contributed by atoms with E-state index in [1.807, 2.05) is 11.8 Å². The molecule has 2 atom stereocenters. The number of hydrogen-bond donors (Lipinski definition) is 1. The zero-order valence-electron chi connectivity index (χ0n) is 6.00. The standard InChI is InChI=1S/C6H14N2S/c1-8-3-5(7)6(4-8)9-2/h5-6H,3-4,7H2,1-2H3. The van der Waals surface area contributed by atoms with Crippen LogP contribution < -0.4 is 5.73 Å². The van der Waals surface area contributed by atoms with Crippen LogP contribution in [0.2, 0.25) is 0 Å². The van der Waals surface area contributed by atoms with E-state index in [9.17, 15) is 0 Å². The van der Waals surface area contributed by atoms with E-state index in [1.165, 1.54) is 0 Å². The van der Waals surface area contributed by atoms with Gasteiger partial charge in [-0.15, -0.1) is 0 Å². The third-order valence-electron chi connectivity index (χ3n) is 1.79. The number of rotatable bonds is 1. The monoisotopic (exact) mass is 146 g/mol. The van der Waals surface area contributed by atoms with Crippen LogP contribution in [0.1, 0.15) is 0 Å². The maximum Gasteiger partial charge on any atom is 0.0335 e. The summed E-state index contributed by atoms with van der Waals surface area (Å²) in [6.45, 7) is 2.22. The number of hydrogen-bond acceptors (Lipinski definition) is 3. The molecule has 2 unspecified atom stereocenters. The molecule has 54 valence electrons. The Kier molecular flexibility index (Phi) is 2.38. The largest absolute Gasteiger partial charge is 0.326 e. The second-order valence-electron chi connectivity index (χ2n) is 2.66. The second kappa shape index (κ2) is 2.90. The molecular formula is C6H14N2S. The Balaban J connectivity index is 2.38. The predicted octanol–water partition coefficient (Wildman–Crippen LogP) is -0.00930. The zero-order chi connectivity index (χ0) is 6.85.